The van der Waals surface area contributed by atoms with Crippen LogP contribution in [0.1, 0.15) is 19.8 Å². The lowest BCUT2D eigenvalue weighted by Crippen LogP contribution is -2.29. The number of hydrogen-bond donors (Lipinski definition) is 3. The molecule has 1 amide bonds. The van der Waals surface area contributed by atoms with Crippen molar-refractivity contribution in [3.05, 3.63) is 28.7 Å². The fourth-order valence-corrected chi connectivity index (χ4v) is 1.98. The summed E-state index contributed by atoms with van der Waals surface area (Å²) in [5.74, 6) is -0.803. The Morgan fingerprint density at radius 2 is 2.32 bits per heavy atom. The highest BCUT2D eigenvalue weighted by Gasteiger charge is 2.16. The number of aromatic nitrogens is 1. The van der Waals surface area contributed by atoms with Crippen molar-refractivity contribution in [2.45, 2.75) is 19.8 Å². The summed E-state index contributed by atoms with van der Waals surface area (Å²) in [5, 5.41) is 2.80. The van der Waals surface area contributed by atoms with Crippen LogP contribution < -0.4 is 16.8 Å². The molecule has 0 fully saturated rings. The number of aromatic amines is 1. The van der Waals surface area contributed by atoms with Crippen molar-refractivity contribution in [3.63, 3.8) is 0 Å². The van der Waals surface area contributed by atoms with E-state index in [0.29, 0.717) is 23.3 Å². The van der Waals surface area contributed by atoms with Crippen molar-refractivity contribution >= 4 is 22.7 Å². The average Bonchev–Trinajstić information content (AvgIpc) is 2.75. The molecule has 0 saturated carbocycles. The molecule has 2 rings (SSSR count). The number of carbonyl (C=O) groups excluding carboxylic acids is 1. The molecule has 19 heavy (non-hydrogen) atoms. The van der Waals surface area contributed by atoms with Gasteiger partial charge in [-0.3, -0.25) is 9.78 Å². The molecule has 0 saturated heterocycles. The molecule has 0 aliphatic carbocycles. The third kappa shape index (κ3) is 3.03. The van der Waals surface area contributed by atoms with Crippen LogP contribution in [0.2, 0.25) is 0 Å². The fourth-order valence-electron chi connectivity index (χ4n) is 1.98. The van der Waals surface area contributed by atoms with Crippen molar-refractivity contribution in [1.82, 2.24) is 4.98 Å². The second-order valence-corrected chi connectivity index (χ2v) is 4.44. The smallest absolute Gasteiger partial charge is 0.408 e. The van der Waals surface area contributed by atoms with Crippen LogP contribution in [0.15, 0.2) is 27.4 Å². The molecule has 0 spiro atoms. The predicted octanol–water partition coefficient (Wildman–Crippen LogP) is 1.43. The maximum atomic E-state index is 12.0. The number of carbonyl (C=O) groups is 1. The first kappa shape index (κ1) is 13.4. The predicted molar refractivity (Wildman–Crippen MR) is 72.9 cm³/mol. The molecule has 1 aromatic carbocycles. The summed E-state index contributed by atoms with van der Waals surface area (Å²) in [6, 6.07) is 4.99. The minimum Gasteiger partial charge on any atom is -0.408 e. The van der Waals surface area contributed by atoms with Gasteiger partial charge in [0.1, 0.15) is 0 Å². The van der Waals surface area contributed by atoms with E-state index in [2.05, 4.69) is 10.3 Å². The summed E-state index contributed by atoms with van der Waals surface area (Å²) in [6.45, 7) is 2.34. The molecule has 0 aliphatic heterocycles. The summed E-state index contributed by atoms with van der Waals surface area (Å²) >= 11 is 0. The molecule has 0 bridgehead atoms. The van der Waals surface area contributed by atoms with Crippen molar-refractivity contribution in [3.8, 4) is 0 Å². The molecule has 6 heteroatoms. The molecular formula is C13H17N3O3. The van der Waals surface area contributed by atoms with Gasteiger partial charge >= 0.3 is 5.76 Å². The van der Waals surface area contributed by atoms with E-state index in [9.17, 15) is 9.59 Å². The number of H-pyrrole nitrogens is 1. The molecule has 1 aromatic heterocycles. The van der Waals surface area contributed by atoms with Gasteiger partial charge in [0.05, 0.1) is 11.4 Å². The molecule has 0 aliphatic rings. The number of hydrogen-bond acceptors (Lipinski definition) is 4. The van der Waals surface area contributed by atoms with Gasteiger partial charge in [0.2, 0.25) is 5.91 Å². The standard InChI is InChI=1S/C13H17N3O3/c1-2-3-8(7-14)12(17)15-9-4-5-11-10(6-9)16-13(18)19-11/h4-6,8H,2-3,7,14H2,1H3,(H,15,17)(H,16,18). The van der Waals surface area contributed by atoms with E-state index < -0.39 is 5.76 Å². The molecule has 102 valence electrons. The molecule has 2 aromatic rings. The van der Waals surface area contributed by atoms with E-state index in [1.54, 1.807) is 18.2 Å². The highest BCUT2D eigenvalue weighted by Crippen LogP contribution is 2.17. The number of fused-ring (bicyclic) bond motifs is 1. The second-order valence-electron chi connectivity index (χ2n) is 4.44. The van der Waals surface area contributed by atoms with Crippen molar-refractivity contribution < 1.29 is 9.21 Å². The van der Waals surface area contributed by atoms with Gasteiger partial charge in [-0.2, -0.15) is 0 Å². The second kappa shape index (κ2) is 5.71. The SMILES string of the molecule is CCCC(CN)C(=O)Nc1ccc2oc(=O)[nH]c2c1. The van der Waals surface area contributed by atoms with Crippen LogP contribution in [0.3, 0.4) is 0 Å². The summed E-state index contributed by atoms with van der Waals surface area (Å²) in [7, 11) is 0. The first-order chi connectivity index (χ1) is 9.13. The molecule has 0 radical (unpaired) electrons. The lowest BCUT2D eigenvalue weighted by molar-refractivity contribution is -0.119. The van der Waals surface area contributed by atoms with Gasteiger partial charge in [0.15, 0.2) is 5.58 Å². The van der Waals surface area contributed by atoms with Crippen LogP contribution in [-0.2, 0) is 4.79 Å². The first-order valence-corrected chi connectivity index (χ1v) is 6.28. The summed E-state index contributed by atoms with van der Waals surface area (Å²) in [5.41, 5.74) is 7.22. The van der Waals surface area contributed by atoms with Crippen LogP contribution in [0.5, 0.6) is 0 Å². The summed E-state index contributed by atoms with van der Waals surface area (Å²) in [4.78, 5) is 25.6. The highest BCUT2D eigenvalue weighted by molar-refractivity contribution is 5.94. The van der Waals surface area contributed by atoms with E-state index in [1.165, 1.54) is 0 Å². The number of amides is 1. The molecule has 1 atom stereocenters. The summed E-state index contributed by atoms with van der Waals surface area (Å²) in [6.07, 6.45) is 1.66. The van der Waals surface area contributed by atoms with Crippen LogP contribution >= 0.6 is 0 Å². The molecule has 1 unspecified atom stereocenters. The van der Waals surface area contributed by atoms with Crippen LogP contribution in [-0.4, -0.2) is 17.4 Å². The van der Waals surface area contributed by atoms with Crippen LogP contribution in [0.4, 0.5) is 5.69 Å². The Morgan fingerprint density at radius 1 is 1.53 bits per heavy atom. The average molecular weight is 263 g/mol. The molecule has 6 nitrogen and oxygen atoms in total. The Balaban J connectivity index is 2.16. The third-order valence-corrected chi connectivity index (χ3v) is 2.98. The number of anilines is 1. The van der Waals surface area contributed by atoms with Gasteiger partial charge in [-0.05, 0) is 24.6 Å². The minimum absolute atomic E-state index is 0.102. The largest absolute Gasteiger partial charge is 0.417 e. The van der Waals surface area contributed by atoms with Crippen molar-refractivity contribution in [1.29, 1.82) is 0 Å². The Bertz CT molecular complexity index is 629. The normalized spacial score (nSPS) is 12.5. The van der Waals surface area contributed by atoms with E-state index in [1.807, 2.05) is 6.92 Å². The van der Waals surface area contributed by atoms with Crippen molar-refractivity contribution in [2.24, 2.45) is 11.7 Å². The Kier molecular flexibility index (Phi) is 4.01. The van der Waals surface area contributed by atoms with E-state index in [4.69, 9.17) is 10.2 Å². The zero-order valence-corrected chi connectivity index (χ0v) is 10.7. The Morgan fingerprint density at radius 3 is 3.00 bits per heavy atom. The number of nitrogens with two attached hydrogens (primary N) is 1. The topological polar surface area (TPSA) is 101 Å². The molecule has 4 N–H and O–H groups in total. The van der Waals surface area contributed by atoms with E-state index >= 15 is 0 Å². The van der Waals surface area contributed by atoms with Gasteiger partial charge in [0, 0.05) is 12.2 Å². The number of rotatable bonds is 5. The van der Waals surface area contributed by atoms with Gasteiger partial charge in [-0.1, -0.05) is 13.3 Å². The number of oxazole rings is 1. The maximum absolute atomic E-state index is 12.0. The lowest BCUT2D eigenvalue weighted by atomic mass is 10.0. The van der Waals surface area contributed by atoms with Crippen LogP contribution in [0, 0.1) is 5.92 Å². The number of benzene rings is 1. The van der Waals surface area contributed by atoms with Crippen LogP contribution in [0.25, 0.3) is 11.1 Å². The molecule has 1 heterocycles. The quantitative estimate of drug-likeness (QED) is 0.759. The number of nitrogens with one attached hydrogen (secondary N) is 2. The van der Waals surface area contributed by atoms with Gasteiger partial charge in [-0.15, -0.1) is 0 Å². The lowest BCUT2D eigenvalue weighted by Gasteiger charge is -2.13. The summed E-state index contributed by atoms with van der Waals surface area (Å²) < 4.78 is 4.89. The maximum Gasteiger partial charge on any atom is 0.417 e. The van der Waals surface area contributed by atoms with E-state index in [-0.39, 0.29) is 11.8 Å². The monoisotopic (exact) mass is 263 g/mol. The Labute approximate surface area is 110 Å². The minimum atomic E-state index is -0.510. The fraction of sp³-hybridized carbons (Fsp3) is 0.385. The first-order valence-electron chi connectivity index (χ1n) is 6.28. The zero-order chi connectivity index (χ0) is 13.8. The molecular weight excluding hydrogens is 246 g/mol. The zero-order valence-electron chi connectivity index (χ0n) is 10.7. The van der Waals surface area contributed by atoms with Crippen molar-refractivity contribution in [2.75, 3.05) is 11.9 Å². The van der Waals surface area contributed by atoms with Gasteiger partial charge in [0.25, 0.3) is 0 Å². The third-order valence-electron chi connectivity index (χ3n) is 2.98. The van der Waals surface area contributed by atoms with E-state index in [0.717, 1.165) is 12.8 Å². The highest BCUT2D eigenvalue weighted by atomic mass is 16.4. The van der Waals surface area contributed by atoms with Gasteiger partial charge < -0.3 is 15.5 Å². The Hall–Kier alpha value is -2.08. The van der Waals surface area contributed by atoms with Gasteiger partial charge in [-0.25, -0.2) is 4.79 Å².